The molecule has 22 heteroatoms. The largest absolute Gasteiger partial charge is 0.416 e. The van der Waals surface area contributed by atoms with Gasteiger partial charge in [0.05, 0.1) is 41.8 Å². The first-order valence-electron chi connectivity index (χ1n) is 45.2. The Kier molecular flexibility index (Phi) is 13.9. The van der Waals surface area contributed by atoms with Crippen molar-refractivity contribution in [2.24, 2.45) is 0 Å². The van der Waals surface area contributed by atoms with Crippen LogP contribution in [0.4, 0.5) is 35.1 Å². The Morgan fingerprint density at radius 1 is 0.615 bits per heavy atom. The van der Waals surface area contributed by atoms with E-state index in [-0.39, 0.29) is 57.8 Å². The van der Waals surface area contributed by atoms with E-state index < -0.39 is 281 Å². The first kappa shape index (κ1) is 40.7. The number of benzene rings is 6. The van der Waals surface area contributed by atoms with Crippen molar-refractivity contribution in [3.8, 4) is 22.3 Å². The highest BCUT2D eigenvalue weighted by molar-refractivity contribution is 7.98. The Morgan fingerprint density at radius 2 is 1.18 bits per heavy atom. The molecule has 0 saturated carbocycles. The van der Waals surface area contributed by atoms with Gasteiger partial charge in [0.25, 0.3) is 11.1 Å². The van der Waals surface area contributed by atoms with Crippen molar-refractivity contribution in [3.63, 3.8) is 0 Å². The predicted molar refractivity (Wildman–Crippen MR) is 363 cm³/mol. The van der Waals surface area contributed by atoms with Crippen LogP contribution in [0.25, 0.3) is 22.3 Å². The Labute approximate surface area is 608 Å². The molecular weight excluding hydrogens is 1280 g/mol. The maximum Gasteiger partial charge on any atom is 0.416 e. The number of hydrogen-bond acceptors (Lipinski definition) is 10. The topological polar surface area (TPSA) is 117 Å². The highest BCUT2D eigenvalue weighted by Crippen LogP contribution is 2.36. The van der Waals surface area contributed by atoms with E-state index in [1.54, 1.807) is 13.8 Å². The Hall–Kier alpha value is -7.92. The number of aromatic nitrogens is 4. The lowest BCUT2D eigenvalue weighted by molar-refractivity contribution is -0.138. The maximum atomic E-state index is 15.2. The van der Waals surface area contributed by atoms with Gasteiger partial charge in [-0.3, -0.25) is 19.2 Å². The van der Waals surface area contributed by atoms with Gasteiger partial charge in [0.15, 0.2) is 10.3 Å². The number of carbonyl (C=O) groups excluding carboxylic acids is 2. The molecule has 2 amide bonds. The fourth-order valence-electron chi connectivity index (χ4n) is 9.54. The lowest BCUT2D eigenvalue weighted by Gasteiger charge is -2.33. The van der Waals surface area contributed by atoms with Gasteiger partial charge in [-0.05, 0) is 171 Å². The molecule has 2 heterocycles. The zero-order valence-electron chi connectivity index (χ0n) is 83.8. The fraction of sp³-hybridized carbons (Fsp3) is 0.378. The molecule has 96 heavy (non-hydrogen) atoms. The Morgan fingerprint density at radius 3 is 1.78 bits per heavy atom. The van der Waals surface area contributed by atoms with Gasteiger partial charge in [-0.15, -0.1) is 0 Å². The van der Waals surface area contributed by atoms with Gasteiger partial charge in [0.2, 0.25) is 11.8 Å². The first-order valence-corrected chi connectivity index (χ1v) is 30.8. The van der Waals surface area contributed by atoms with Crippen LogP contribution in [0.2, 0.25) is 0 Å². The van der Waals surface area contributed by atoms with Crippen molar-refractivity contribution in [2.45, 2.75) is 140 Å². The molecular formula is C74H80F8N8O4S2. The van der Waals surface area contributed by atoms with Crippen LogP contribution in [0.15, 0.2) is 159 Å². The average molecular weight is 1390 g/mol. The van der Waals surface area contributed by atoms with Gasteiger partial charge >= 0.3 is 12.4 Å². The minimum absolute atomic E-state index is 0.0325. The summed E-state index contributed by atoms with van der Waals surface area (Å²) in [5, 5.41) is -2.00. The van der Waals surface area contributed by atoms with E-state index in [0.717, 1.165) is 59.4 Å². The monoisotopic (exact) mass is 1390 g/mol. The lowest BCUT2D eigenvalue weighted by atomic mass is 9.98. The summed E-state index contributed by atoms with van der Waals surface area (Å²) >= 11 is -0.192. The molecule has 0 bridgehead atoms. The molecule has 0 spiro atoms. The number of nitrogens with zero attached hydrogens (tertiary/aromatic N) is 8. The Balaban J connectivity index is 0.000000296. The molecule has 12 nitrogen and oxygen atoms in total. The summed E-state index contributed by atoms with van der Waals surface area (Å²) < 4.78 is 389. The van der Waals surface area contributed by atoms with Crippen LogP contribution in [0, 0.1) is 18.6 Å². The number of halogens is 8. The van der Waals surface area contributed by atoms with Crippen LogP contribution in [-0.4, -0.2) is 103 Å². The number of carbonyl (C=O) groups is 2. The van der Waals surface area contributed by atoms with E-state index in [9.17, 15) is 59.1 Å². The quantitative estimate of drug-likeness (QED) is 0.0295. The second-order valence-corrected chi connectivity index (χ2v) is 22.2. The number of amides is 2. The third-order valence-electron chi connectivity index (χ3n) is 14.7. The minimum Gasteiger partial charge on any atom is -0.336 e. The second kappa shape index (κ2) is 32.9. The van der Waals surface area contributed by atoms with Crippen molar-refractivity contribution in [3.05, 3.63) is 233 Å². The van der Waals surface area contributed by atoms with Crippen LogP contribution < -0.4 is 11.1 Å². The third kappa shape index (κ3) is 18.6. The number of alkyl halides is 6. The number of likely N-dealkylation sites (N-methyl/N-ethyl adjacent to an activating group) is 2. The van der Waals surface area contributed by atoms with Crippen molar-refractivity contribution in [2.75, 3.05) is 52.3 Å². The molecule has 1 unspecified atom stereocenters. The summed E-state index contributed by atoms with van der Waals surface area (Å²) in [4.78, 5) is 67.6. The van der Waals surface area contributed by atoms with Crippen LogP contribution in [0.3, 0.4) is 0 Å². The second-order valence-electron chi connectivity index (χ2n) is 20.7. The van der Waals surface area contributed by atoms with Crippen molar-refractivity contribution < 1.29 is 88.6 Å². The van der Waals surface area contributed by atoms with Gasteiger partial charge in [-0.1, -0.05) is 148 Å². The number of rotatable bonds is 26. The fourth-order valence-corrected chi connectivity index (χ4v) is 10.9. The van der Waals surface area contributed by atoms with E-state index in [1.807, 2.05) is 0 Å². The van der Waals surface area contributed by atoms with Crippen molar-refractivity contribution in [1.82, 2.24) is 38.7 Å². The summed E-state index contributed by atoms with van der Waals surface area (Å²) in [6, 6.07) is -2.47. The van der Waals surface area contributed by atoms with Crippen LogP contribution in [0.1, 0.15) is 159 Å². The molecule has 508 valence electrons. The molecule has 2 aromatic heterocycles. The maximum absolute atomic E-state index is 15.2. The lowest BCUT2D eigenvalue weighted by Crippen LogP contribution is -2.42. The van der Waals surface area contributed by atoms with Crippen molar-refractivity contribution >= 4 is 35.3 Å². The summed E-state index contributed by atoms with van der Waals surface area (Å²) in [7, 11) is 0. The minimum atomic E-state index is -5.26. The predicted octanol–water partition coefficient (Wildman–Crippen LogP) is 15.3. The molecule has 6 aromatic carbocycles. The molecule has 0 aliphatic heterocycles. The van der Waals surface area contributed by atoms with E-state index >= 15 is 4.79 Å². The van der Waals surface area contributed by atoms with Gasteiger partial charge in [-0.2, -0.15) is 36.3 Å². The van der Waals surface area contributed by atoms with Crippen LogP contribution in [0.5, 0.6) is 0 Å². The van der Waals surface area contributed by atoms with Crippen molar-refractivity contribution in [1.29, 1.82) is 0 Å². The Bertz CT molecular complexity index is 5700. The average Bonchev–Trinajstić information content (AvgIpc) is 1.50. The van der Waals surface area contributed by atoms with Crippen LogP contribution >= 0.6 is 23.5 Å². The molecule has 0 radical (unpaired) electrons. The molecule has 8 aromatic rings. The highest BCUT2D eigenvalue weighted by Gasteiger charge is 2.34. The normalized spacial score (nSPS) is 21.0. The molecule has 1 atom stereocenters. The third-order valence-corrected chi connectivity index (χ3v) is 16.2. The zero-order chi connectivity index (χ0) is 97.3. The smallest absolute Gasteiger partial charge is 0.336 e. The van der Waals surface area contributed by atoms with E-state index in [0.29, 0.717) is 29.3 Å². The van der Waals surface area contributed by atoms with E-state index in [4.69, 9.17) is 34.3 Å². The molecule has 0 fully saturated rings. The van der Waals surface area contributed by atoms with Gasteiger partial charge in [-0.25, -0.2) is 8.78 Å². The highest BCUT2D eigenvalue weighted by atomic mass is 32.2. The van der Waals surface area contributed by atoms with E-state index in [2.05, 4.69) is 9.97 Å². The summed E-state index contributed by atoms with van der Waals surface area (Å²) in [6.45, 7) is -10.6. The molecule has 0 N–H and O–H groups in total. The summed E-state index contributed by atoms with van der Waals surface area (Å²) in [5.74, 6) is -5.96. The SMILES string of the molecule is [2H]C([2H])(Sc1nc(=O)c2c(n1C([2H])([2H])C(=O)N(CCN(C([2H])([2H])C)C([2H])([2H])C)C([2H])(C)c1ccc(-c3ccc(C(F)(F)F)cc3)cc1)CCC2)c1ccc(F)cc1.[2H]c1c([2H])c(C([2H])([2H])Sc2nc(=O)c3c(n2C([2H])([2H])C(=O)N(CCN(CC)CC)C([2H])([2H])c2c([2H])c([2H])c(-c4c([2H])c([2H])c(C(F)(F)F)c(C)c4[2H])c([2H])c2[2H])C([2H])([2H])C([2H])([2H])C3([2H])[2H])c([2H])c([2H])c1F. The van der Waals surface area contributed by atoms with E-state index in [1.165, 1.54) is 60.4 Å². The first-order chi connectivity index (χ1) is 58.2. The molecule has 10 rings (SSSR count). The van der Waals surface area contributed by atoms with Crippen LogP contribution in [-0.2, 0) is 78.4 Å². The number of thioether (sulfide) groups is 2. The molecule has 0 saturated heterocycles. The number of hydrogen-bond donors (Lipinski definition) is 0. The van der Waals surface area contributed by atoms with Gasteiger partial charge in [0.1, 0.15) is 24.6 Å². The van der Waals surface area contributed by atoms with Gasteiger partial charge < -0.3 is 28.7 Å². The molecule has 2 aliphatic carbocycles. The summed E-state index contributed by atoms with van der Waals surface area (Å²) in [5.41, 5.74) is -18.8. The zero-order valence-corrected chi connectivity index (χ0v) is 53.5. The van der Waals surface area contributed by atoms with Gasteiger partial charge in [0, 0.05) is 85.8 Å². The standard InChI is InChI=1S/2C37H40F4N4O2S/c1-4-43(5-2)21-22-44(25(3)27-11-13-28(14-12-27)29-15-17-30(18-16-29)37(39,40)41)34(46)23-45-33-8-6-7-32(33)35(47)42-36(45)48-24-26-9-19-31(38)20-10-26;1-4-43(5-2)19-20-44(22-26-9-13-28(14-10-26)29-15-18-32(25(3)21-29)37(39,40)41)34(46)23-45-33-8-6-7-31(33)35(47)42-36(45)48-24-27-11-16-30(38)17-12-27/h9-20,25H,4-8,21-24H2,1-3H3;9-18,21H,4-8,19-20,22-24H2,1-3H3/i4D2,5D2,23D2,24D2,25D;6D2,7D2,8D2,9D,10D,11D,12D,13D,14D,15D,16D,17D,18D,21D,22D2,23D2,24D2. The number of fused-ring (bicyclic) bond motifs is 2. The summed E-state index contributed by atoms with van der Waals surface area (Å²) in [6.07, 6.45) is -20.6. The molecule has 2 aliphatic rings.